The molecule has 4 nitrogen and oxygen atoms in total. The Hall–Kier alpha value is -2.33. The summed E-state index contributed by atoms with van der Waals surface area (Å²) in [6.45, 7) is 0.633. The lowest BCUT2D eigenvalue weighted by Crippen LogP contribution is -2.62. The number of alkyl carbamates (subject to hydrolysis) is 1. The largest absolute Gasteiger partial charge is 0.449 e. The highest BCUT2D eigenvalue weighted by Crippen LogP contribution is 2.58. The van der Waals surface area contributed by atoms with Crippen LogP contribution < -0.4 is 5.32 Å². The number of ether oxygens (including phenoxy) is 1. The van der Waals surface area contributed by atoms with E-state index in [1.807, 2.05) is 12.1 Å². The Morgan fingerprint density at radius 2 is 1.43 bits per heavy atom. The van der Waals surface area contributed by atoms with Gasteiger partial charge in [0.25, 0.3) is 0 Å². The third kappa shape index (κ3) is 2.80. The molecule has 0 heterocycles. The quantitative estimate of drug-likeness (QED) is 0.777. The predicted octanol–water partition coefficient (Wildman–Crippen LogP) is 4.71. The average molecular weight is 404 g/mol. The lowest BCUT2D eigenvalue weighted by atomic mass is 9.50. The minimum Gasteiger partial charge on any atom is -0.449 e. The maximum atomic E-state index is 12.6. The van der Waals surface area contributed by atoms with E-state index in [-0.39, 0.29) is 5.92 Å². The zero-order valence-corrected chi connectivity index (χ0v) is 17.2. The van der Waals surface area contributed by atoms with Crippen LogP contribution in [0.25, 0.3) is 11.1 Å². The van der Waals surface area contributed by atoms with E-state index in [0.717, 1.165) is 37.5 Å². The second-order valence-corrected chi connectivity index (χ2v) is 9.97. The lowest BCUT2D eigenvalue weighted by Gasteiger charge is -2.58. The molecule has 4 bridgehead atoms. The summed E-state index contributed by atoms with van der Waals surface area (Å²) >= 11 is 0. The second kappa shape index (κ2) is 6.84. The number of fused-ring (bicyclic) bond motifs is 3. The Balaban J connectivity index is 1.11. The van der Waals surface area contributed by atoms with Crippen LogP contribution in [0.4, 0.5) is 4.79 Å². The molecule has 0 radical (unpaired) electrons. The number of amides is 1. The summed E-state index contributed by atoms with van der Waals surface area (Å²) in [6.07, 6.45) is 5.42. The molecule has 0 saturated heterocycles. The summed E-state index contributed by atoms with van der Waals surface area (Å²) in [5.74, 6) is 2.32. The number of hydrogen-bond donors (Lipinski definition) is 2. The molecule has 5 aliphatic rings. The Labute approximate surface area is 177 Å². The van der Waals surface area contributed by atoms with Crippen LogP contribution in [0.5, 0.6) is 0 Å². The first-order valence-electron chi connectivity index (χ1n) is 11.4. The van der Waals surface area contributed by atoms with Gasteiger partial charge in [0.1, 0.15) is 6.61 Å². The summed E-state index contributed by atoms with van der Waals surface area (Å²) < 4.78 is 5.67. The van der Waals surface area contributed by atoms with Crippen molar-refractivity contribution in [1.29, 1.82) is 0 Å². The summed E-state index contributed by atoms with van der Waals surface area (Å²) in [7, 11) is 0. The van der Waals surface area contributed by atoms with Crippen molar-refractivity contribution in [1.82, 2.24) is 5.32 Å². The van der Waals surface area contributed by atoms with Gasteiger partial charge in [-0.1, -0.05) is 48.5 Å². The van der Waals surface area contributed by atoms with E-state index in [2.05, 4.69) is 41.7 Å². The van der Waals surface area contributed by atoms with Gasteiger partial charge in [0.15, 0.2) is 0 Å². The number of carbonyl (C=O) groups excluding carboxylic acids is 1. The van der Waals surface area contributed by atoms with Crippen molar-refractivity contribution in [3.05, 3.63) is 59.7 Å². The van der Waals surface area contributed by atoms with Gasteiger partial charge in [0.2, 0.25) is 0 Å². The van der Waals surface area contributed by atoms with E-state index in [4.69, 9.17) is 4.74 Å². The number of nitrogens with one attached hydrogen (secondary N) is 1. The molecular weight excluding hydrogens is 374 g/mol. The molecule has 7 rings (SSSR count). The van der Waals surface area contributed by atoms with Gasteiger partial charge in [-0.05, 0) is 78.0 Å². The van der Waals surface area contributed by atoms with E-state index >= 15 is 0 Å². The lowest BCUT2D eigenvalue weighted by molar-refractivity contribution is -0.169. The molecule has 0 atom stereocenters. The molecule has 4 fully saturated rings. The smallest absolute Gasteiger partial charge is 0.407 e. The standard InChI is InChI=1S/C26H29NO3/c28-25(27-15-26(29)18-10-16-9-17(12-18)13-19(26)11-16)30-14-24-22-7-3-1-5-20(22)21-6-2-4-8-23(21)24/h1-8,16-19,24,29H,9-15H2,(H,27,28). The average Bonchev–Trinajstić information content (AvgIpc) is 3.08. The van der Waals surface area contributed by atoms with Gasteiger partial charge in [-0.15, -0.1) is 0 Å². The molecule has 30 heavy (non-hydrogen) atoms. The molecule has 2 aromatic rings. The molecule has 5 aliphatic carbocycles. The molecule has 0 unspecified atom stereocenters. The minimum absolute atomic E-state index is 0.0624. The van der Waals surface area contributed by atoms with Crippen LogP contribution in [-0.4, -0.2) is 30.0 Å². The van der Waals surface area contributed by atoms with E-state index in [0.29, 0.717) is 25.0 Å². The molecule has 0 aliphatic heterocycles. The van der Waals surface area contributed by atoms with Gasteiger partial charge in [-0.3, -0.25) is 0 Å². The van der Waals surface area contributed by atoms with Crippen LogP contribution in [0.3, 0.4) is 0 Å². The third-order valence-corrected chi connectivity index (χ3v) is 8.41. The van der Waals surface area contributed by atoms with Crippen LogP contribution in [0.1, 0.15) is 49.1 Å². The summed E-state index contributed by atoms with van der Waals surface area (Å²) in [5.41, 5.74) is 4.13. The molecule has 0 aromatic heterocycles. The zero-order valence-electron chi connectivity index (χ0n) is 17.2. The zero-order chi connectivity index (χ0) is 20.3. The fourth-order valence-electron chi connectivity index (χ4n) is 7.15. The number of rotatable bonds is 4. The normalized spacial score (nSPS) is 33.2. The van der Waals surface area contributed by atoms with E-state index in [9.17, 15) is 9.90 Å². The molecule has 4 heteroatoms. The van der Waals surface area contributed by atoms with Crippen molar-refractivity contribution >= 4 is 6.09 Å². The molecule has 0 spiro atoms. The number of benzene rings is 2. The van der Waals surface area contributed by atoms with Crippen molar-refractivity contribution in [2.75, 3.05) is 13.2 Å². The first-order valence-corrected chi connectivity index (χ1v) is 11.4. The highest BCUT2D eigenvalue weighted by Gasteiger charge is 2.56. The Bertz CT molecular complexity index is 910. The van der Waals surface area contributed by atoms with Crippen molar-refractivity contribution in [3.8, 4) is 11.1 Å². The van der Waals surface area contributed by atoms with E-state index in [1.165, 1.54) is 28.7 Å². The monoisotopic (exact) mass is 403 g/mol. The Morgan fingerprint density at radius 1 is 0.900 bits per heavy atom. The molecule has 4 saturated carbocycles. The van der Waals surface area contributed by atoms with Gasteiger partial charge < -0.3 is 15.2 Å². The van der Waals surface area contributed by atoms with Gasteiger partial charge in [-0.25, -0.2) is 4.79 Å². The maximum absolute atomic E-state index is 12.6. The van der Waals surface area contributed by atoms with Crippen LogP contribution in [0.2, 0.25) is 0 Å². The van der Waals surface area contributed by atoms with Gasteiger partial charge in [-0.2, -0.15) is 0 Å². The van der Waals surface area contributed by atoms with Crippen LogP contribution >= 0.6 is 0 Å². The predicted molar refractivity (Wildman–Crippen MR) is 115 cm³/mol. The molecule has 2 aromatic carbocycles. The van der Waals surface area contributed by atoms with E-state index < -0.39 is 11.7 Å². The fraction of sp³-hybridized carbons (Fsp3) is 0.500. The summed E-state index contributed by atoms with van der Waals surface area (Å²) in [5, 5.41) is 14.3. The molecular formula is C26H29NO3. The minimum atomic E-state index is -0.751. The van der Waals surface area contributed by atoms with E-state index in [1.54, 1.807) is 0 Å². The van der Waals surface area contributed by atoms with Crippen LogP contribution in [-0.2, 0) is 4.74 Å². The summed E-state index contributed by atoms with van der Waals surface area (Å²) in [6, 6.07) is 16.7. The number of carbonyl (C=O) groups is 1. The number of hydrogen-bond acceptors (Lipinski definition) is 3. The summed E-state index contributed by atoms with van der Waals surface area (Å²) in [4.78, 5) is 12.6. The molecule has 1 amide bonds. The first-order chi connectivity index (χ1) is 14.6. The maximum Gasteiger partial charge on any atom is 0.407 e. The SMILES string of the molecule is O=C(NCC1(O)C2CC3CC(C2)CC1C3)OCC1c2ccccc2-c2ccccc21. The van der Waals surface area contributed by atoms with Crippen molar-refractivity contribution in [2.45, 2.75) is 43.6 Å². The molecule has 2 N–H and O–H groups in total. The first kappa shape index (κ1) is 18.4. The van der Waals surface area contributed by atoms with Crippen LogP contribution in [0, 0.1) is 23.7 Å². The second-order valence-electron chi connectivity index (χ2n) is 9.97. The fourth-order valence-corrected chi connectivity index (χ4v) is 7.15. The highest BCUT2D eigenvalue weighted by molar-refractivity contribution is 5.79. The highest BCUT2D eigenvalue weighted by atomic mass is 16.5. The Kier molecular flexibility index (Phi) is 4.21. The van der Waals surface area contributed by atoms with Gasteiger partial charge >= 0.3 is 6.09 Å². The third-order valence-electron chi connectivity index (χ3n) is 8.41. The topological polar surface area (TPSA) is 58.6 Å². The number of aliphatic hydroxyl groups is 1. The Morgan fingerprint density at radius 3 is 2.00 bits per heavy atom. The van der Waals surface area contributed by atoms with Crippen molar-refractivity contribution in [2.24, 2.45) is 23.7 Å². The van der Waals surface area contributed by atoms with Crippen LogP contribution in [0.15, 0.2) is 48.5 Å². The van der Waals surface area contributed by atoms with Crippen molar-refractivity contribution in [3.63, 3.8) is 0 Å². The van der Waals surface area contributed by atoms with Gasteiger partial charge in [0.05, 0.1) is 12.1 Å². The van der Waals surface area contributed by atoms with Crippen molar-refractivity contribution < 1.29 is 14.6 Å². The molecule has 156 valence electrons. The van der Waals surface area contributed by atoms with Gasteiger partial charge in [0, 0.05) is 5.92 Å².